The first kappa shape index (κ1) is 18.9. The minimum Gasteiger partial charge on any atom is -0.489 e. The Kier molecular flexibility index (Phi) is 5.16. The van der Waals surface area contributed by atoms with Crippen LogP contribution in [0, 0.1) is 11.7 Å². The van der Waals surface area contributed by atoms with E-state index in [1.165, 1.54) is 12.1 Å². The molecule has 0 radical (unpaired) electrons. The zero-order chi connectivity index (χ0) is 20.4. The molecule has 5 nitrogen and oxygen atoms in total. The summed E-state index contributed by atoms with van der Waals surface area (Å²) in [7, 11) is 0. The van der Waals surface area contributed by atoms with Gasteiger partial charge in [-0.05, 0) is 34.5 Å². The fourth-order valence-corrected chi connectivity index (χ4v) is 3.64. The van der Waals surface area contributed by atoms with E-state index < -0.39 is 11.9 Å². The molecule has 29 heavy (non-hydrogen) atoms. The molecule has 0 aromatic heterocycles. The molecule has 0 aliphatic carbocycles. The van der Waals surface area contributed by atoms with E-state index in [1.807, 2.05) is 36.4 Å². The lowest BCUT2D eigenvalue weighted by Crippen LogP contribution is -2.26. The van der Waals surface area contributed by atoms with Crippen molar-refractivity contribution in [2.24, 2.45) is 5.92 Å². The van der Waals surface area contributed by atoms with Crippen LogP contribution in [0.1, 0.15) is 17.5 Å². The van der Waals surface area contributed by atoms with Crippen molar-refractivity contribution in [2.75, 3.05) is 6.54 Å². The fourth-order valence-electron chi connectivity index (χ4n) is 3.64. The van der Waals surface area contributed by atoms with Gasteiger partial charge >= 0.3 is 5.97 Å². The van der Waals surface area contributed by atoms with Gasteiger partial charge in [0.05, 0.1) is 5.92 Å². The van der Waals surface area contributed by atoms with Crippen molar-refractivity contribution in [1.29, 1.82) is 0 Å². The summed E-state index contributed by atoms with van der Waals surface area (Å²) >= 11 is 0. The zero-order valence-corrected chi connectivity index (χ0v) is 15.7. The van der Waals surface area contributed by atoms with E-state index in [2.05, 4.69) is 0 Å². The number of carbonyl (C=O) groups excluding carboxylic acids is 1. The second-order valence-electron chi connectivity index (χ2n) is 7.19. The number of amides is 1. The number of ether oxygens (including phenoxy) is 1. The van der Waals surface area contributed by atoms with Crippen LogP contribution in [0.4, 0.5) is 4.39 Å². The molecule has 4 rings (SSSR count). The van der Waals surface area contributed by atoms with Gasteiger partial charge in [-0.15, -0.1) is 0 Å². The maximum absolute atomic E-state index is 13.1. The summed E-state index contributed by atoms with van der Waals surface area (Å²) in [6, 6.07) is 17.7. The predicted octanol–water partition coefficient (Wildman–Crippen LogP) is 3.99. The Bertz CT molecular complexity index is 1060. The summed E-state index contributed by atoms with van der Waals surface area (Å²) in [5.41, 5.74) is 1.67. The molecule has 1 N–H and O–H groups in total. The van der Waals surface area contributed by atoms with Gasteiger partial charge in [-0.1, -0.05) is 42.5 Å². The highest BCUT2D eigenvalue weighted by Crippen LogP contribution is 2.32. The first-order valence-corrected chi connectivity index (χ1v) is 9.39. The van der Waals surface area contributed by atoms with E-state index in [0.29, 0.717) is 5.75 Å². The van der Waals surface area contributed by atoms with Crippen molar-refractivity contribution in [2.45, 2.75) is 19.6 Å². The molecule has 1 atom stereocenters. The van der Waals surface area contributed by atoms with Crippen molar-refractivity contribution in [3.8, 4) is 5.75 Å². The first-order valence-electron chi connectivity index (χ1n) is 9.39. The van der Waals surface area contributed by atoms with Crippen LogP contribution in [0.3, 0.4) is 0 Å². The van der Waals surface area contributed by atoms with Gasteiger partial charge < -0.3 is 14.7 Å². The Hall–Kier alpha value is -3.41. The molecule has 3 aromatic carbocycles. The van der Waals surface area contributed by atoms with Gasteiger partial charge in [0.1, 0.15) is 18.2 Å². The molecular weight excluding hydrogens is 373 g/mol. The summed E-state index contributed by atoms with van der Waals surface area (Å²) in [6.45, 7) is 0.731. The van der Waals surface area contributed by atoms with Gasteiger partial charge in [-0.3, -0.25) is 9.59 Å². The molecule has 1 aliphatic heterocycles. The number of rotatable bonds is 6. The maximum Gasteiger partial charge on any atom is 0.308 e. The average molecular weight is 393 g/mol. The number of nitrogens with zero attached hydrogens (tertiary/aromatic N) is 1. The van der Waals surface area contributed by atoms with Crippen LogP contribution in [0.25, 0.3) is 10.8 Å². The van der Waals surface area contributed by atoms with Crippen molar-refractivity contribution in [3.05, 3.63) is 77.6 Å². The maximum atomic E-state index is 13.1. The van der Waals surface area contributed by atoms with E-state index in [1.54, 1.807) is 17.0 Å². The highest BCUT2D eigenvalue weighted by Gasteiger charge is 2.34. The molecule has 3 aromatic rings. The number of carboxylic acid groups (broad SMARTS) is 1. The molecule has 1 amide bonds. The lowest BCUT2D eigenvalue weighted by Gasteiger charge is -2.20. The number of likely N-dealkylation sites (tertiary alicyclic amines) is 1. The SMILES string of the molecule is O=C(O)C1CC(=O)N(Cc2c(OCc3ccc(F)cc3)ccc3ccccc23)C1. The van der Waals surface area contributed by atoms with Gasteiger partial charge in [0, 0.05) is 25.1 Å². The number of hydrogen-bond donors (Lipinski definition) is 1. The van der Waals surface area contributed by atoms with Crippen molar-refractivity contribution in [3.63, 3.8) is 0 Å². The van der Waals surface area contributed by atoms with E-state index in [-0.39, 0.29) is 37.8 Å². The minimum absolute atomic E-state index is 0.0197. The molecule has 1 unspecified atom stereocenters. The van der Waals surface area contributed by atoms with E-state index in [0.717, 1.165) is 21.9 Å². The van der Waals surface area contributed by atoms with Crippen LogP contribution in [-0.2, 0) is 22.7 Å². The van der Waals surface area contributed by atoms with Gasteiger partial charge in [0.2, 0.25) is 5.91 Å². The van der Waals surface area contributed by atoms with Crippen LogP contribution >= 0.6 is 0 Å². The molecule has 148 valence electrons. The largest absolute Gasteiger partial charge is 0.489 e. The average Bonchev–Trinajstić information content (AvgIpc) is 3.09. The van der Waals surface area contributed by atoms with Gasteiger partial charge in [-0.2, -0.15) is 0 Å². The minimum atomic E-state index is -0.952. The van der Waals surface area contributed by atoms with E-state index >= 15 is 0 Å². The Morgan fingerprint density at radius 1 is 1.10 bits per heavy atom. The second-order valence-corrected chi connectivity index (χ2v) is 7.19. The molecule has 0 bridgehead atoms. The van der Waals surface area contributed by atoms with Crippen LogP contribution < -0.4 is 4.74 Å². The summed E-state index contributed by atoms with van der Waals surface area (Å²) in [5, 5.41) is 11.2. The summed E-state index contributed by atoms with van der Waals surface area (Å²) in [4.78, 5) is 25.2. The lowest BCUT2D eigenvalue weighted by atomic mass is 10.0. The van der Waals surface area contributed by atoms with Crippen LogP contribution in [0.5, 0.6) is 5.75 Å². The van der Waals surface area contributed by atoms with Gasteiger partial charge in [0.25, 0.3) is 0 Å². The molecule has 0 spiro atoms. The van der Waals surface area contributed by atoms with Gasteiger partial charge in [-0.25, -0.2) is 4.39 Å². The third-order valence-electron chi connectivity index (χ3n) is 5.22. The topological polar surface area (TPSA) is 66.8 Å². The quantitative estimate of drug-likeness (QED) is 0.688. The third-order valence-corrected chi connectivity index (χ3v) is 5.22. The molecule has 1 heterocycles. The Morgan fingerprint density at radius 2 is 1.86 bits per heavy atom. The Labute approximate surface area is 167 Å². The van der Waals surface area contributed by atoms with Crippen LogP contribution in [-0.4, -0.2) is 28.4 Å². The first-order chi connectivity index (χ1) is 14.0. The lowest BCUT2D eigenvalue weighted by molar-refractivity contribution is -0.141. The number of carbonyl (C=O) groups is 2. The highest BCUT2D eigenvalue weighted by molar-refractivity contribution is 5.89. The van der Waals surface area contributed by atoms with E-state index in [9.17, 15) is 19.1 Å². The summed E-state index contributed by atoms with van der Waals surface area (Å²) in [6.07, 6.45) is 0.0197. The number of carboxylic acids is 1. The molecule has 6 heteroatoms. The third kappa shape index (κ3) is 4.06. The number of hydrogen-bond acceptors (Lipinski definition) is 3. The van der Waals surface area contributed by atoms with E-state index in [4.69, 9.17) is 4.74 Å². The standard InChI is InChI=1S/C23H20FNO4/c24-18-8-5-15(6-9-18)14-29-21-10-7-16-3-1-2-4-19(16)20(21)13-25-12-17(23(27)28)11-22(25)26/h1-10,17H,11-14H2,(H,27,28). The zero-order valence-electron chi connectivity index (χ0n) is 15.7. The number of benzene rings is 3. The number of aliphatic carboxylic acids is 1. The number of fused-ring (bicyclic) bond motifs is 1. The fraction of sp³-hybridized carbons (Fsp3) is 0.217. The second kappa shape index (κ2) is 7.91. The molecule has 0 saturated carbocycles. The molecule has 1 fully saturated rings. The predicted molar refractivity (Wildman–Crippen MR) is 106 cm³/mol. The Morgan fingerprint density at radius 3 is 2.59 bits per heavy atom. The summed E-state index contributed by atoms with van der Waals surface area (Å²) in [5.74, 6) is -1.48. The van der Waals surface area contributed by atoms with Crippen LogP contribution in [0.15, 0.2) is 60.7 Å². The Balaban J connectivity index is 1.63. The van der Waals surface area contributed by atoms with Crippen molar-refractivity contribution in [1.82, 2.24) is 4.90 Å². The normalized spacial score (nSPS) is 16.4. The molecule has 1 aliphatic rings. The smallest absolute Gasteiger partial charge is 0.308 e. The van der Waals surface area contributed by atoms with Crippen molar-refractivity contribution < 1.29 is 23.8 Å². The van der Waals surface area contributed by atoms with Crippen molar-refractivity contribution >= 4 is 22.6 Å². The highest BCUT2D eigenvalue weighted by atomic mass is 19.1. The van der Waals surface area contributed by atoms with Gasteiger partial charge in [0.15, 0.2) is 0 Å². The number of halogens is 1. The van der Waals surface area contributed by atoms with Crippen LogP contribution in [0.2, 0.25) is 0 Å². The summed E-state index contributed by atoms with van der Waals surface area (Å²) < 4.78 is 19.1. The molecule has 1 saturated heterocycles. The monoisotopic (exact) mass is 393 g/mol. The molecular formula is C23H20FNO4.